The summed E-state index contributed by atoms with van der Waals surface area (Å²) in [6.45, 7) is 0. The number of para-hydroxylation sites is 3. The normalized spacial score (nSPS) is 11.6. The quantitative estimate of drug-likeness (QED) is 0.188. The summed E-state index contributed by atoms with van der Waals surface area (Å²) in [5.74, 6) is 0. The van der Waals surface area contributed by atoms with Gasteiger partial charge < -0.3 is 9.13 Å². The van der Waals surface area contributed by atoms with E-state index in [9.17, 15) is 0 Å². The number of aromatic nitrogens is 5. The first-order valence-corrected chi connectivity index (χ1v) is 16.8. The van der Waals surface area contributed by atoms with Crippen molar-refractivity contribution in [2.24, 2.45) is 0 Å². The first-order valence-electron chi connectivity index (χ1n) is 16.8. The molecule has 0 aliphatic carbocycles. The highest BCUT2D eigenvalue weighted by Crippen LogP contribution is 2.37. The lowest BCUT2D eigenvalue weighted by Gasteiger charge is -2.12. The Bertz CT molecular complexity index is 2740. The van der Waals surface area contributed by atoms with Gasteiger partial charge in [0, 0.05) is 68.8 Å². The Balaban J connectivity index is 1.11. The molecule has 0 aliphatic rings. The molecule has 10 aromatic rings. The molecule has 0 N–H and O–H groups in total. The molecular formula is C45H29N5. The van der Waals surface area contributed by atoms with Crippen LogP contribution in [0.15, 0.2) is 176 Å². The molecule has 0 spiro atoms. The predicted molar refractivity (Wildman–Crippen MR) is 205 cm³/mol. The second kappa shape index (κ2) is 11.4. The third-order valence-corrected chi connectivity index (χ3v) is 9.73. The summed E-state index contributed by atoms with van der Waals surface area (Å²) in [6.07, 6.45) is 7.23. The number of pyridine rings is 3. The van der Waals surface area contributed by atoms with Crippen LogP contribution in [0.25, 0.3) is 88.6 Å². The molecule has 50 heavy (non-hydrogen) atoms. The number of benzene rings is 5. The topological polar surface area (TPSA) is 48.5 Å². The highest BCUT2D eigenvalue weighted by molar-refractivity contribution is 6.12. The second-order valence-electron chi connectivity index (χ2n) is 12.6. The van der Waals surface area contributed by atoms with E-state index < -0.39 is 0 Å². The largest absolute Gasteiger partial charge is 0.309 e. The molecule has 0 saturated heterocycles. The smallest absolute Gasteiger partial charge is 0.0716 e. The van der Waals surface area contributed by atoms with Crippen molar-refractivity contribution in [3.63, 3.8) is 0 Å². The molecule has 0 bridgehead atoms. The van der Waals surface area contributed by atoms with E-state index >= 15 is 0 Å². The van der Waals surface area contributed by atoms with Gasteiger partial charge in [-0.3, -0.25) is 9.97 Å². The van der Waals surface area contributed by atoms with Crippen molar-refractivity contribution < 1.29 is 0 Å². The third kappa shape index (κ3) is 4.52. The minimum Gasteiger partial charge on any atom is -0.309 e. The third-order valence-electron chi connectivity index (χ3n) is 9.73. The Morgan fingerprint density at radius 3 is 1.30 bits per heavy atom. The van der Waals surface area contributed by atoms with E-state index in [-0.39, 0.29) is 0 Å². The van der Waals surface area contributed by atoms with Gasteiger partial charge in [-0.1, -0.05) is 66.7 Å². The van der Waals surface area contributed by atoms with Gasteiger partial charge >= 0.3 is 0 Å². The lowest BCUT2D eigenvalue weighted by Crippen LogP contribution is -1.96. The van der Waals surface area contributed by atoms with Crippen LogP contribution < -0.4 is 0 Å². The molecule has 0 atom stereocenters. The number of rotatable bonds is 5. The lowest BCUT2D eigenvalue weighted by atomic mass is 10.0. The minimum atomic E-state index is 0.905. The van der Waals surface area contributed by atoms with Crippen LogP contribution >= 0.6 is 0 Å². The van der Waals surface area contributed by atoms with E-state index in [1.165, 1.54) is 43.6 Å². The summed E-state index contributed by atoms with van der Waals surface area (Å²) >= 11 is 0. The average Bonchev–Trinajstić information content (AvgIpc) is 3.71. The molecule has 234 valence electrons. The molecule has 0 saturated carbocycles. The molecule has 5 nitrogen and oxygen atoms in total. The number of hydrogen-bond donors (Lipinski definition) is 0. The fourth-order valence-corrected chi connectivity index (χ4v) is 7.42. The van der Waals surface area contributed by atoms with E-state index in [4.69, 9.17) is 4.98 Å². The molecule has 5 aromatic heterocycles. The van der Waals surface area contributed by atoms with E-state index in [0.717, 1.165) is 45.0 Å². The maximum Gasteiger partial charge on any atom is 0.0716 e. The van der Waals surface area contributed by atoms with Gasteiger partial charge in [0.2, 0.25) is 0 Å². The maximum atomic E-state index is 5.02. The monoisotopic (exact) mass is 639 g/mol. The molecule has 5 heteroatoms. The molecule has 5 heterocycles. The van der Waals surface area contributed by atoms with Crippen molar-refractivity contribution >= 4 is 43.6 Å². The van der Waals surface area contributed by atoms with Gasteiger partial charge in [0.05, 0.1) is 33.5 Å². The Morgan fingerprint density at radius 1 is 0.320 bits per heavy atom. The zero-order chi connectivity index (χ0) is 33.0. The van der Waals surface area contributed by atoms with Crippen LogP contribution in [0.5, 0.6) is 0 Å². The average molecular weight is 640 g/mol. The highest BCUT2D eigenvalue weighted by atomic mass is 15.0. The standard InChI is InChI=1S/C45H29N5/c1-4-10-42-36(7-1)37-8-2-5-11-43(37)50(42)35-17-18-45-39(29-35)38-9-3-6-12-44(38)49(45)34-15-13-30(14-16-34)33-27-40(31-19-23-46-24-20-31)48-41(28-33)32-21-25-47-26-22-32/h1-29H. The molecule has 0 aliphatic heterocycles. The van der Waals surface area contributed by atoms with Gasteiger partial charge in [0.25, 0.3) is 0 Å². The van der Waals surface area contributed by atoms with Crippen molar-refractivity contribution in [2.75, 3.05) is 0 Å². The van der Waals surface area contributed by atoms with Crippen molar-refractivity contribution in [1.29, 1.82) is 0 Å². The molecule has 0 radical (unpaired) electrons. The fourth-order valence-electron chi connectivity index (χ4n) is 7.42. The Labute approximate surface area is 288 Å². The van der Waals surface area contributed by atoms with Gasteiger partial charge in [-0.15, -0.1) is 0 Å². The van der Waals surface area contributed by atoms with Crippen LogP contribution in [0.4, 0.5) is 0 Å². The first-order chi connectivity index (χ1) is 24.8. The Morgan fingerprint density at radius 2 is 0.760 bits per heavy atom. The van der Waals surface area contributed by atoms with Gasteiger partial charge in [-0.05, 0) is 96.1 Å². The van der Waals surface area contributed by atoms with Crippen molar-refractivity contribution in [2.45, 2.75) is 0 Å². The Hall–Kier alpha value is -6.85. The van der Waals surface area contributed by atoms with Crippen molar-refractivity contribution in [3.05, 3.63) is 176 Å². The van der Waals surface area contributed by atoms with Crippen LogP contribution in [-0.4, -0.2) is 24.1 Å². The zero-order valence-electron chi connectivity index (χ0n) is 27.0. The van der Waals surface area contributed by atoms with Gasteiger partial charge in [-0.25, -0.2) is 4.98 Å². The van der Waals surface area contributed by atoms with E-state index in [1.54, 1.807) is 0 Å². The molecular weight excluding hydrogens is 611 g/mol. The van der Waals surface area contributed by atoms with Crippen molar-refractivity contribution in [1.82, 2.24) is 24.1 Å². The summed E-state index contributed by atoms with van der Waals surface area (Å²) in [7, 11) is 0. The summed E-state index contributed by atoms with van der Waals surface area (Å²) in [5, 5.41) is 4.98. The Kier molecular flexibility index (Phi) is 6.42. The molecule has 0 amide bonds. The number of hydrogen-bond acceptors (Lipinski definition) is 3. The van der Waals surface area contributed by atoms with Crippen LogP contribution in [-0.2, 0) is 0 Å². The summed E-state index contributed by atoms with van der Waals surface area (Å²) in [6, 6.07) is 54.1. The van der Waals surface area contributed by atoms with Gasteiger partial charge in [0.15, 0.2) is 0 Å². The zero-order valence-corrected chi connectivity index (χ0v) is 27.0. The molecule has 0 unspecified atom stereocenters. The molecule has 5 aromatic carbocycles. The maximum absolute atomic E-state index is 5.02. The van der Waals surface area contributed by atoms with E-state index in [2.05, 4.69) is 146 Å². The number of fused-ring (bicyclic) bond motifs is 6. The SMILES string of the molecule is c1ccc2c(c1)c1ccccc1n2-c1ccc2c(c1)c1ccccc1n2-c1ccc(-c2cc(-c3ccncc3)nc(-c3ccncc3)c2)cc1. The predicted octanol–water partition coefficient (Wildman–Crippen LogP) is 11.1. The van der Waals surface area contributed by atoms with Crippen LogP contribution in [0, 0.1) is 0 Å². The van der Waals surface area contributed by atoms with E-state index in [1.807, 2.05) is 49.1 Å². The summed E-state index contributed by atoms with van der Waals surface area (Å²) in [5.41, 5.74) is 13.1. The van der Waals surface area contributed by atoms with Crippen LogP contribution in [0.3, 0.4) is 0 Å². The fraction of sp³-hybridized carbons (Fsp3) is 0. The van der Waals surface area contributed by atoms with Crippen molar-refractivity contribution in [3.8, 4) is 45.0 Å². The van der Waals surface area contributed by atoms with Gasteiger partial charge in [0.1, 0.15) is 0 Å². The second-order valence-corrected chi connectivity index (χ2v) is 12.6. The summed E-state index contributed by atoms with van der Waals surface area (Å²) in [4.78, 5) is 13.4. The van der Waals surface area contributed by atoms with E-state index in [0.29, 0.717) is 0 Å². The van der Waals surface area contributed by atoms with Crippen LogP contribution in [0.2, 0.25) is 0 Å². The van der Waals surface area contributed by atoms with Gasteiger partial charge in [-0.2, -0.15) is 0 Å². The minimum absolute atomic E-state index is 0.905. The lowest BCUT2D eigenvalue weighted by molar-refractivity contribution is 1.17. The van der Waals surface area contributed by atoms with Crippen LogP contribution in [0.1, 0.15) is 0 Å². The first kappa shape index (κ1) is 28.2. The number of nitrogens with zero attached hydrogens (tertiary/aromatic N) is 5. The molecule has 0 fully saturated rings. The summed E-state index contributed by atoms with van der Waals surface area (Å²) < 4.78 is 4.77. The molecule has 10 rings (SSSR count). The highest BCUT2D eigenvalue weighted by Gasteiger charge is 2.17.